The van der Waals surface area contributed by atoms with Gasteiger partial charge in [0.15, 0.2) is 0 Å². The van der Waals surface area contributed by atoms with Crippen LogP contribution >= 0.6 is 0 Å². The first kappa shape index (κ1) is 32.8. The minimum absolute atomic E-state index is 0.0265. The van der Waals surface area contributed by atoms with Crippen molar-refractivity contribution in [3.05, 3.63) is 135 Å². The van der Waals surface area contributed by atoms with Crippen LogP contribution in [0.4, 0.5) is 15.3 Å². The van der Waals surface area contributed by atoms with E-state index >= 15 is 0 Å². The average molecular weight is 637 g/mol. The normalized spacial score (nSPS) is 14.8. The molecule has 1 aliphatic heterocycles. The van der Waals surface area contributed by atoms with Crippen LogP contribution in [0.3, 0.4) is 0 Å². The van der Waals surface area contributed by atoms with E-state index < -0.39 is 35.2 Å². The van der Waals surface area contributed by atoms with Crippen molar-refractivity contribution in [1.82, 2.24) is 15.1 Å². The highest BCUT2D eigenvalue weighted by molar-refractivity contribution is 6.00. The molecule has 0 saturated heterocycles. The Morgan fingerprint density at radius 1 is 0.915 bits per heavy atom. The number of ether oxygens (including phenoxy) is 2. The first-order chi connectivity index (χ1) is 22.6. The highest BCUT2D eigenvalue weighted by atomic mass is 16.6. The lowest BCUT2D eigenvalue weighted by Crippen LogP contribution is -2.52. The number of imide groups is 1. The molecule has 0 radical (unpaired) electrons. The van der Waals surface area contributed by atoms with Gasteiger partial charge >= 0.3 is 18.1 Å². The minimum Gasteiger partial charge on any atom is -0.459 e. The van der Waals surface area contributed by atoms with Gasteiger partial charge in [-0.05, 0) is 54.8 Å². The summed E-state index contributed by atoms with van der Waals surface area (Å²) < 4.78 is 11.1. The molecule has 5 rings (SSSR count). The van der Waals surface area contributed by atoms with E-state index in [1.807, 2.05) is 42.5 Å². The van der Waals surface area contributed by atoms with Crippen LogP contribution in [0.15, 0.2) is 108 Å². The lowest BCUT2D eigenvalue weighted by Gasteiger charge is -2.35. The van der Waals surface area contributed by atoms with Gasteiger partial charge in [-0.2, -0.15) is 0 Å². The highest BCUT2D eigenvalue weighted by Crippen LogP contribution is 2.39. The molecule has 1 atom stereocenters. The summed E-state index contributed by atoms with van der Waals surface area (Å²) in [5, 5.41) is 16.8. The molecule has 11 nitrogen and oxygen atoms in total. The number of hydrogen-bond acceptors (Lipinski definition) is 8. The summed E-state index contributed by atoms with van der Waals surface area (Å²) >= 11 is 0. The zero-order valence-electron chi connectivity index (χ0n) is 26.4. The van der Waals surface area contributed by atoms with Crippen molar-refractivity contribution >= 4 is 34.6 Å². The van der Waals surface area contributed by atoms with Crippen LogP contribution in [0.5, 0.6) is 0 Å². The van der Waals surface area contributed by atoms with Crippen molar-refractivity contribution in [3.63, 3.8) is 0 Å². The van der Waals surface area contributed by atoms with Crippen molar-refractivity contribution in [3.8, 4) is 0 Å². The molecule has 4 aromatic carbocycles. The number of benzene rings is 4. The van der Waals surface area contributed by atoms with Gasteiger partial charge in [-0.1, -0.05) is 78.9 Å². The molecule has 1 heterocycles. The van der Waals surface area contributed by atoms with Gasteiger partial charge in [-0.25, -0.2) is 19.3 Å². The third-order valence-corrected chi connectivity index (χ3v) is 7.74. The molecule has 1 aliphatic rings. The zero-order valence-corrected chi connectivity index (χ0v) is 26.4. The molecule has 0 bridgehead atoms. The van der Waals surface area contributed by atoms with Gasteiger partial charge in [0.05, 0.1) is 22.2 Å². The lowest BCUT2D eigenvalue weighted by molar-refractivity contribution is -0.385. The van der Waals surface area contributed by atoms with Crippen molar-refractivity contribution < 1.29 is 28.8 Å². The van der Waals surface area contributed by atoms with E-state index in [9.17, 15) is 24.5 Å². The van der Waals surface area contributed by atoms with Gasteiger partial charge in [0, 0.05) is 31.4 Å². The number of para-hydroxylation sites is 1. The number of carbonyl (C=O) groups is 3. The number of fused-ring (bicyclic) bond motifs is 1. The van der Waals surface area contributed by atoms with Crippen LogP contribution in [0.25, 0.3) is 10.8 Å². The third kappa shape index (κ3) is 7.82. The maximum absolute atomic E-state index is 13.7. The third-order valence-electron chi connectivity index (χ3n) is 7.74. The topological polar surface area (TPSA) is 131 Å². The minimum atomic E-state index is -1.46. The number of carbonyl (C=O) groups excluding carboxylic acids is 3. The molecule has 0 aliphatic carbocycles. The second-order valence-corrected chi connectivity index (χ2v) is 11.5. The van der Waals surface area contributed by atoms with E-state index in [1.54, 1.807) is 13.8 Å². The van der Waals surface area contributed by atoms with Crippen LogP contribution in [0.1, 0.15) is 43.5 Å². The van der Waals surface area contributed by atoms with Crippen molar-refractivity contribution in [2.45, 2.75) is 46.0 Å². The van der Waals surface area contributed by atoms with Crippen LogP contribution in [-0.2, 0) is 27.4 Å². The Hall–Kier alpha value is -5.55. The predicted octanol–water partition coefficient (Wildman–Crippen LogP) is 6.88. The number of nitrogens with one attached hydrogen (secondary N) is 1. The molecule has 11 heteroatoms. The number of nitro benzene ring substituents is 1. The second-order valence-electron chi connectivity index (χ2n) is 11.5. The van der Waals surface area contributed by atoms with Crippen LogP contribution < -0.4 is 5.32 Å². The quantitative estimate of drug-likeness (QED) is 0.107. The monoisotopic (exact) mass is 636 g/mol. The van der Waals surface area contributed by atoms with E-state index in [0.29, 0.717) is 24.5 Å². The van der Waals surface area contributed by atoms with Gasteiger partial charge in [0.1, 0.15) is 12.6 Å². The number of esters is 1. The number of rotatable bonds is 11. The summed E-state index contributed by atoms with van der Waals surface area (Å²) in [6.07, 6.45) is -1.58. The molecule has 0 spiro atoms. The SMILES string of the molecule is CC1=C(C(=O)OC(C)C)C(c2ccccc2[N+](=O)[O-])N(C(=O)OCCN(Cc2ccccc2)Cc2ccc3ccccc3c2)C(=O)N1. The van der Waals surface area contributed by atoms with E-state index in [0.717, 1.165) is 21.9 Å². The maximum Gasteiger partial charge on any atom is 0.418 e. The van der Waals surface area contributed by atoms with Crippen LogP contribution in [0.2, 0.25) is 0 Å². The molecule has 0 aromatic heterocycles. The Morgan fingerprint density at radius 2 is 1.57 bits per heavy atom. The summed E-state index contributed by atoms with van der Waals surface area (Å²) in [7, 11) is 0. The first-order valence-electron chi connectivity index (χ1n) is 15.3. The molecule has 0 fully saturated rings. The van der Waals surface area contributed by atoms with E-state index in [1.165, 1.54) is 31.2 Å². The Labute approximate surface area is 272 Å². The largest absolute Gasteiger partial charge is 0.459 e. The molecule has 242 valence electrons. The summed E-state index contributed by atoms with van der Waals surface area (Å²) in [6, 6.07) is 27.6. The summed E-state index contributed by atoms with van der Waals surface area (Å²) in [4.78, 5) is 54.5. The Morgan fingerprint density at radius 3 is 2.30 bits per heavy atom. The van der Waals surface area contributed by atoms with Crippen molar-refractivity contribution in [1.29, 1.82) is 0 Å². The van der Waals surface area contributed by atoms with Gasteiger partial charge in [-0.15, -0.1) is 0 Å². The molecular weight excluding hydrogens is 600 g/mol. The lowest BCUT2D eigenvalue weighted by atomic mass is 9.93. The van der Waals surface area contributed by atoms with Crippen LogP contribution in [-0.4, -0.2) is 52.1 Å². The average Bonchev–Trinajstić information content (AvgIpc) is 3.04. The van der Waals surface area contributed by atoms with E-state index in [2.05, 4.69) is 40.5 Å². The second kappa shape index (κ2) is 14.7. The van der Waals surface area contributed by atoms with Gasteiger partial charge in [0.2, 0.25) is 0 Å². The standard InChI is InChI=1S/C36H36N4O7/c1-24(2)47-34(41)32-25(3)37-35(42)39(33(32)30-15-9-10-16-31(30)40(44)45)36(43)46-20-19-38(22-26-11-5-4-6-12-26)23-27-17-18-28-13-7-8-14-29(28)21-27/h4-18,21,24,33H,19-20,22-23H2,1-3H3,(H,37,42). The molecule has 47 heavy (non-hydrogen) atoms. The number of amides is 3. The molecule has 3 amide bonds. The molecule has 4 aromatic rings. The highest BCUT2D eigenvalue weighted by Gasteiger charge is 2.45. The van der Waals surface area contributed by atoms with Gasteiger partial charge in [0.25, 0.3) is 5.69 Å². The van der Waals surface area contributed by atoms with E-state index in [-0.39, 0.29) is 29.1 Å². The number of urea groups is 1. The van der Waals surface area contributed by atoms with E-state index in [4.69, 9.17) is 9.47 Å². The predicted molar refractivity (Wildman–Crippen MR) is 176 cm³/mol. The smallest absolute Gasteiger partial charge is 0.418 e. The summed E-state index contributed by atoms with van der Waals surface area (Å²) in [5.74, 6) is -0.817. The molecule has 1 unspecified atom stereocenters. The number of hydrogen-bond donors (Lipinski definition) is 1. The van der Waals surface area contributed by atoms with Gasteiger partial charge in [-0.3, -0.25) is 15.0 Å². The number of nitro groups is 1. The van der Waals surface area contributed by atoms with Crippen LogP contribution in [0, 0.1) is 10.1 Å². The van der Waals surface area contributed by atoms with Crippen molar-refractivity contribution in [2.75, 3.05) is 13.2 Å². The fraction of sp³-hybridized carbons (Fsp3) is 0.250. The fourth-order valence-electron chi connectivity index (χ4n) is 5.63. The van der Waals surface area contributed by atoms with Crippen molar-refractivity contribution in [2.24, 2.45) is 0 Å². The Kier molecular flexibility index (Phi) is 10.3. The number of nitrogens with zero attached hydrogens (tertiary/aromatic N) is 3. The molecule has 0 saturated carbocycles. The van der Waals surface area contributed by atoms with Gasteiger partial charge < -0.3 is 14.8 Å². The fourth-order valence-corrected chi connectivity index (χ4v) is 5.63. The summed E-state index contributed by atoms with van der Waals surface area (Å²) in [5.41, 5.74) is 1.77. The Balaban J connectivity index is 1.40. The maximum atomic E-state index is 13.7. The molecule has 1 N–H and O–H groups in total. The molecular formula is C36H36N4O7. The zero-order chi connectivity index (χ0) is 33.5. The Bertz CT molecular complexity index is 1820. The number of allylic oxidation sites excluding steroid dienone is 1. The summed E-state index contributed by atoms with van der Waals surface area (Å²) in [6.45, 7) is 6.14. The first-order valence-corrected chi connectivity index (χ1v) is 15.3.